The minimum atomic E-state index is 0.108. The largest absolute Gasteiger partial charge is 0.495 e. The summed E-state index contributed by atoms with van der Waals surface area (Å²) >= 11 is 0. The van der Waals surface area contributed by atoms with Crippen molar-refractivity contribution in [2.24, 2.45) is 0 Å². The molecule has 39 heavy (non-hydrogen) atoms. The highest BCUT2D eigenvalue weighted by molar-refractivity contribution is 5.03. The van der Waals surface area contributed by atoms with Crippen molar-refractivity contribution in [2.75, 3.05) is 53.2 Å². The van der Waals surface area contributed by atoms with Crippen LogP contribution in [0, 0.1) is 0 Å². The third-order valence-corrected chi connectivity index (χ3v) is 6.21. The Morgan fingerprint density at radius 1 is 0.359 bits per heavy atom. The lowest BCUT2D eigenvalue weighted by Crippen LogP contribution is -2.13. The van der Waals surface area contributed by atoms with E-state index >= 15 is 0 Å². The molecule has 0 radical (unpaired) electrons. The molecule has 7 heteroatoms. The second-order valence-electron chi connectivity index (χ2n) is 9.60. The number of allylic oxidation sites excluding steroid dienone is 2. The number of unbranched alkanes of at least 4 members (excludes halogenated alkanes) is 10. The molecule has 0 unspecified atom stereocenters. The summed E-state index contributed by atoms with van der Waals surface area (Å²) in [6.07, 6.45) is 16.7. The first-order valence-electron chi connectivity index (χ1n) is 15.9. The van der Waals surface area contributed by atoms with E-state index < -0.39 is 0 Å². The topological polar surface area (TPSA) is 64.6 Å². The molecule has 7 nitrogen and oxygen atoms in total. The Balaban J connectivity index is 4.58. The molecular weight excluding hydrogens is 496 g/mol. The summed E-state index contributed by atoms with van der Waals surface area (Å²) in [5, 5.41) is 0. The molecule has 0 aliphatic heterocycles. The molecule has 0 amide bonds. The van der Waals surface area contributed by atoms with Gasteiger partial charge >= 0.3 is 0 Å². The van der Waals surface area contributed by atoms with Gasteiger partial charge in [-0.3, -0.25) is 0 Å². The van der Waals surface area contributed by atoms with E-state index in [2.05, 4.69) is 13.8 Å². The van der Waals surface area contributed by atoms with Gasteiger partial charge in [-0.15, -0.1) is 0 Å². The van der Waals surface area contributed by atoms with Crippen LogP contribution < -0.4 is 0 Å². The van der Waals surface area contributed by atoms with Crippen molar-refractivity contribution in [3.63, 3.8) is 0 Å². The molecule has 0 saturated heterocycles. The van der Waals surface area contributed by atoms with Crippen LogP contribution in [0.15, 0.2) is 23.0 Å². The van der Waals surface area contributed by atoms with Gasteiger partial charge in [-0.1, -0.05) is 78.1 Å². The fourth-order valence-electron chi connectivity index (χ4n) is 4.24. The number of rotatable bonds is 30. The Labute approximate surface area is 240 Å². The predicted molar refractivity (Wildman–Crippen MR) is 159 cm³/mol. The molecular formula is C32H62O7. The SMILES string of the molecule is CCCCCCCCC(OCC)=C(COCOCOCC(OCC)=C(CCCCCCCC)OCC)OCC. The van der Waals surface area contributed by atoms with Crippen LogP contribution in [0.4, 0.5) is 0 Å². The minimum Gasteiger partial charge on any atom is -0.495 e. The van der Waals surface area contributed by atoms with Crippen LogP contribution in [0.1, 0.15) is 131 Å². The number of hydrogen-bond acceptors (Lipinski definition) is 7. The summed E-state index contributed by atoms with van der Waals surface area (Å²) in [4.78, 5) is 0. The van der Waals surface area contributed by atoms with Crippen molar-refractivity contribution in [1.82, 2.24) is 0 Å². The quantitative estimate of drug-likeness (QED) is 0.0495. The lowest BCUT2D eigenvalue weighted by molar-refractivity contribution is -0.131. The maximum atomic E-state index is 5.90. The van der Waals surface area contributed by atoms with E-state index in [0.717, 1.165) is 48.7 Å². The molecule has 0 rings (SSSR count). The summed E-state index contributed by atoms with van der Waals surface area (Å²) in [6.45, 7) is 15.7. The highest BCUT2D eigenvalue weighted by Gasteiger charge is 2.12. The average molecular weight is 559 g/mol. The van der Waals surface area contributed by atoms with E-state index in [1.165, 1.54) is 64.2 Å². The van der Waals surface area contributed by atoms with Gasteiger partial charge in [0.25, 0.3) is 0 Å². The monoisotopic (exact) mass is 558 g/mol. The molecule has 0 N–H and O–H groups in total. The second kappa shape index (κ2) is 29.5. The van der Waals surface area contributed by atoms with Crippen molar-refractivity contribution in [2.45, 2.75) is 131 Å². The van der Waals surface area contributed by atoms with Gasteiger partial charge in [-0.05, 0) is 40.5 Å². The fourth-order valence-corrected chi connectivity index (χ4v) is 4.24. The van der Waals surface area contributed by atoms with Gasteiger partial charge in [-0.25, -0.2) is 0 Å². The molecule has 0 aromatic rings. The van der Waals surface area contributed by atoms with Gasteiger partial charge in [0.05, 0.1) is 26.4 Å². The van der Waals surface area contributed by atoms with E-state index in [4.69, 9.17) is 33.2 Å². The molecule has 0 bridgehead atoms. The summed E-state index contributed by atoms with van der Waals surface area (Å²) in [7, 11) is 0. The van der Waals surface area contributed by atoms with Crippen molar-refractivity contribution >= 4 is 0 Å². The van der Waals surface area contributed by atoms with Crippen LogP contribution in [-0.4, -0.2) is 53.2 Å². The molecule has 0 aliphatic carbocycles. The van der Waals surface area contributed by atoms with Gasteiger partial charge in [0.1, 0.15) is 38.3 Å². The van der Waals surface area contributed by atoms with Gasteiger partial charge < -0.3 is 33.2 Å². The van der Waals surface area contributed by atoms with Gasteiger partial charge in [-0.2, -0.15) is 0 Å². The van der Waals surface area contributed by atoms with E-state index in [1.807, 2.05) is 27.7 Å². The van der Waals surface area contributed by atoms with Crippen molar-refractivity contribution in [3.05, 3.63) is 23.0 Å². The third-order valence-electron chi connectivity index (χ3n) is 6.21. The second-order valence-corrected chi connectivity index (χ2v) is 9.60. The van der Waals surface area contributed by atoms with Crippen LogP contribution >= 0.6 is 0 Å². The highest BCUT2D eigenvalue weighted by Crippen LogP contribution is 2.19. The van der Waals surface area contributed by atoms with Crippen LogP contribution in [0.25, 0.3) is 0 Å². The first-order valence-corrected chi connectivity index (χ1v) is 15.9. The Morgan fingerprint density at radius 2 is 0.692 bits per heavy atom. The molecule has 0 aromatic heterocycles. The van der Waals surface area contributed by atoms with Crippen LogP contribution in [0.3, 0.4) is 0 Å². The molecule has 0 saturated carbocycles. The summed E-state index contributed by atoms with van der Waals surface area (Å²) in [5.74, 6) is 3.31. The van der Waals surface area contributed by atoms with Crippen molar-refractivity contribution in [3.8, 4) is 0 Å². The zero-order valence-electron chi connectivity index (χ0n) is 26.4. The zero-order valence-corrected chi connectivity index (χ0v) is 26.4. The Hall–Kier alpha value is -1.44. The lowest BCUT2D eigenvalue weighted by Gasteiger charge is -2.17. The van der Waals surface area contributed by atoms with E-state index in [-0.39, 0.29) is 13.6 Å². The highest BCUT2D eigenvalue weighted by atomic mass is 16.7. The zero-order chi connectivity index (χ0) is 28.8. The van der Waals surface area contributed by atoms with Crippen LogP contribution in [0.5, 0.6) is 0 Å². The Morgan fingerprint density at radius 3 is 1.05 bits per heavy atom. The summed E-state index contributed by atoms with van der Waals surface area (Å²) < 4.78 is 40.5. The van der Waals surface area contributed by atoms with E-state index in [1.54, 1.807) is 0 Å². The first-order chi connectivity index (χ1) is 19.2. The summed E-state index contributed by atoms with van der Waals surface area (Å²) in [6, 6.07) is 0. The molecule has 0 heterocycles. The Kier molecular flexibility index (Phi) is 28.4. The molecule has 0 spiro atoms. The fraction of sp³-hybridized carbons (Fsp3) is 0.875. The van der Waals surface area contributed by atoms with Gasteiger partial charge in [0, 0.05) is 12.8 Å². The van der Waals surface area contributed by atoms with Crippen molar-refractivity contribution < 1.29 is 33.2 Å². The van der Waals surface area contributed by atoms with E-state index in [9.17, 15) is 0 Å². The minimum absolute atomic E-state index is 0.108. The molecule has 0 atom stereocenters. The molecule has 0 fully saturated rings. The molecule has 232 valence electrons. The maximum Gasteiger partial charge on any atom is 0.159 e. The normalized spacial score (nSPS) is 12.7. The van der Waals surface area contributed by atoms with Gasteiger partial charge in [0.15, 0.2) is 11.5 Å². The Bertz CT molecular complexity index is 539. The van der Waals surface area contributed by atoms with E-state index in [0.29, 0.717) is 39.6 Å². The number of ether oxygens (including phenoxy) is 7. The van der Waals surface area contributed by atoms with Crippen molar-refractivity contribution in [1.29, 1.82) is 0 Å². The third kappa shape index (κ3) is 22.0. The standard InChI is InChI=1S/C32H62O7/c1-7-13-15-17-19-21-23-29(36-9-3)31(38-11-5)25-33-27-35-28-34-26-32(39-12-6)30(37-10-4)24-22-20-18-16-14-8-2/h7-28H2,1-6H3. The van der Waals surface area contributed by atoms with Crippen LogP contribution in [-0.2, 0) is 33.2 Å². The summed E-state index contributed by atoms with van der Waals surface area (Å²) in [5.41, 5.74) is 0. The molecule has 0 aliphatic rings. The predicted octanol–water partition coefficient (Wildman–Crippen LogP) is 9.02. The van der Waals surface area contributed by atoms with Gasteiger partial charge in [0.2, 0.25) is 0 Å². The van der Waals surface area contributed by atoms with Crippen LogP contribution in [0.2, 0.25) is 0 Å². The molecule has 0 aromatic carbocycles. The average Bonchev–Trinajstić information content (AvgIpc) is 2.94. The number of hydrogen-bond donors (Lipinski definition) is 0. The maximum absolute atomic E-state index is 5.90. The smallest absolute Gasteiger partial charge is 0.159 e. The lowest BCUT2D eigenvalue weighted by atomic mass is 10.1. The first kappa shape index (κ1) is 37.6.